The number of nitrogens with zero attached hydrogens (tertiary/aromatic N) is 1. The predicted octanol–water partition coefficient (Wildman–Crippen LogP) is 3.63. The highest BCUT2D eigenvalue weighted by molar-refractivity contribution is 5.94. The molecule has 0 atom stereocenters. The number of amides is 1. The van der Waals surface area contributed by atoms with Crippen molar-refractivity contribution in [2.75, 3.05) is 13.1 Å². The van der Waals surface area contributed by atoms with E-state index in [1.807, 2.05) is 11.0 Å². The van der Waals surface area contributed by atoms with Crippen LogP contribution in [-0.4, -0.2) is 23.9 Å². The molecule has 24 heavy (non-hydrogen) atoms. The lowest BCUT2D eigenvalue weighted by Crippen LogP contribution is -2.37. The summed E-state index contributed by atoms with van der Waals surface area (Å²) >= 11 is 0. The van der Waals surface area contributed by atoms with Crippen molar-refractivity contribution in [1.82, 2.24) is 4.90 Å². The number of nitrogens with two attached hydrogens (primary N) is 1. The third kappa shape index (κ3) is 3.65. The number of likely N-dealkylation sites (tertiary alicyclic amines) is 1. The van der Waals surface area contributed by atoms with Gasteiger partial charge in [-0.25, -0.2) is 4.39 Å². The van der Waals surface area contributed by atoms with E-state index in [-0.39, 0.29) is 5.91 Å². The van der Waals surface area contributed by atoms with Crippen LogP contribution in [0.1, 0.15) is 45.8 Å². The van der Waals surface area contributed by atoms with Gasteiger partial charge in [0, 0.05) is 25.2 Å². The highest BCUT2D eigenvalue weighted by Crippen LogP contribution is 2.29. The lowest BCUT2D eigenvalue weighted by Gasteiger charge is -2.32. The molecule has 0 spiro atoms. The molecule has 2 N–H and O–H groups in total. The van der Waals surface area contributed by atoms with Gasteiger partial charge in [0.2, 0.25) is 0 Å². The van der Waals surface area contributed by atoms with Crippen LogP contribution in [0, 0.1) is 0 Å². The molecular formula is C20H23FN2O. The van der Waals surface area contributed by atoms with E-state index in [9.17, 15) is 9.18 Å². The van der Waals surface area contributed by atoms with Crippen molar-refractivity contribution in [3.8, 4) is 0 Å². The van der Waals surface area contributed by atoms with Gasteiger partial charge >= 0.3 is 0 Å². The van der Waals surface area contributed by atoms with Crippen LogP contribution in [0.5, 0.6) is 0 Å². The molecule has 0 radical (unpaired) electrons. The lowest BCUT2D eigenvalue weighted by molar-refractivity contribution is 0.0713. The number of hydrogen-bond acceptors (Lipinski definition) is 2. The maximum absolute atomic E-state index is 12.6. The van der Waals surface area contributed by atoms with Crippen LogP contribution in [0.15, 0.2) is 48.5 Å². The van der Waals surface area contributed by atoms with Crippen molar-refractivity contribution in [2.45, 2.75) is 32.0 Å². The molecule has 2 aromatic rings. The molecule has 3 nitrogen and oxygen atoms in total. The average molecular weight is 326 g/mol. The summed E-state index contributed by atoms with van der Waals surface area (Å²) in [5.74, 6) is 0.518. The van der Waals surface area contributed by atoms with E-state index in [0.717, 1.165) is 31.5 Å². The first-order chi connectivity index (χ1) is 11.7. The molecule has 0 saturated carbocycles. The van der Waals surface area contributed by atoms with Crippen molar-refractivity contribution >= 4 is 5.91 Å². The fraction of sp³-hybridized carbons (Fsp3) is 0.350. The third-order valence-corrected chi connectivity index (χ3v) is 4.80. The first kappa shape index (κ1) is 16.7. The van der Waals surface area contributed by atoms with Gasteiger partial charge in [-0.3, -0.25) is 4.79 Å². The van der Waals surface area contributed by atoms with Gasteiger partial charge < -0.3 is 10.6 Å². The van der Waals surface area contributed by atoms with Gasteiger partial charge in [0.05, 0.1) is 0 Å². The first-order valence-corrected chi connectivity index (χ1v) is 8.44. The number of alkyl halides is 1. The summed E-state index contributed by atoms with van der Waals surface area (Å²) in [6.45, 7) is 1.56. The second kappa shape index (κ2) is 7.58. The molecule has 0 aliphatic carbocycles. The first-order valence-electron chi connectivity index (χ1n) is 8.44. The number of halogens is 1. The maximum Gasteiger partial charge on any atom is 0.253 e. The van der Waals surface area contributed by atoms with Gasteiger partial charge in [-0.1, -0.05) is 36.4 Å². The van der Waals surface area contributed by atoms with Crippen LogP contribution in [0.3, 0.4) is 0 Å². The summed E-state index contributed by atoms with van der Waals surface area (Å²) in [6.07, 6.45) is 1.92. The molecule has 0 bridgehead atoms. The molecule has 4 heteroatoms. The summed E-state index contributed by atoms with van der Waals surface area (Å²) in [7, 11) is 0. The third-order valence-electron chi connectivity index (χ3n) is 4.80. The van der Waals surface area contributed by atoms with Crippen LogP contribution >= 0.6 is 0 Å². The van der Waals surface area contributed by atoms with Crippen molar-refractivity contribution in [1.29, 1.82) is 0 Å². The van der Waals surface area contributed by atoms with Crippen LogP contribution in [0.25, 0.3) is 0 Å². The van der Waals surface area contributed by atoms with Crippen molar-refractivity contribution in [3.05, 3.63) is 70.8 Å². The number of carbonyl (C=O) groups is 1. The van der Waals surface area contributed by atoms with Gasteiger partial charge in [0.25, 0.3) is 5.91 Å². The second-order valence-corrected chi connectivity index (χ2v) is 6.35. The number of carbonyl (C=O) groups excluding carboxylic acids is 1. The predicted molar refractivity (Wildman–Crippen MR) is 93.5 cm³/mol. The Labute approximate surface area is 142 Å². The van der Waals surface area contributed by atoms with Gasteiger partial charge in [-0.2, -0.15) is 0 Å². The van der Waals surface area contributed by atoms with Crippen molar-refractivity contribution < 1.29 is 9.18 Å². The molecule has 0 aromatic heterocycles. The van der Waals surface area contributed by atoms with Crippen molar-refractivity contribution in [2.24, 2.45) is 5.73 Å². The lowest BCUT2D eigenvalue weighted by atomic mass is 9.88. The van der Waals surface area contributed by atoms with Crippen LogP contribution in [0.4, 0.5) is 4.39 Å². The Morgan fingerprint density at radius 1 is 1.08 bits per heavy atom. The van der Waals surface area contributed by atoms with Gasteiger partial charge in [-0.15, -0.1) is 0 Å². The Morgan fingerprint density at radius 2 is 1.79 bits per heavy atom. The summed E-state index contributed by atoms with van der Waals surface area (Å²) in [5, 5.41) is 0. The molecule has 1 aliphatic heterocycles. The van der Waals surface area contributed by atoms with E-state index < -0.39 is 6.67 Å². The highest BCUT2D eigenvalue weighted by Gasteiger charge is 2.24. The Hall–Kier alpha value is -2.20. The topological polar surface area (TPSA) is 46.3 Å². The molecule has 1 aliphatic rings. The minimum absolute atomic E-state index is 0.0366. The summed E-state index contributed by atoms with van der Waals surface area (Å²) < 4.78 is 12.6. The highest BCUT2D eigenvalue weighted by atomic mass is 19.1. The minimum Gasteiger partial charge on any atom is -0.339 e. The van der Waals surface area contributed by atoms with Crippen LogP contribution in [-0.2, 0) is 13.2 Å². The van der Waals surface area contributed by atoms with E-state index in [1.54, 1.807) is 24.3 Å². The number of hydrogen-bond donors (Lipinski definition) is 1. The maximum atomic E-state index is 12.6. The zero-order valence-corrected chi connectivity index (χ0v) is 13.7. The number of piperidine rings is 1. The molecular weight excluding hydrogens is 303 g/mol. The number of rotatable bonds is 4. The summed E-state index contributed by atoms with van der Waals surface area (Å²) in [5.41, 5.74) is 9.42. The molecule has 1 saturated heterocycles. The molecule has 126 valence electrons. The smallest absolute Gasteiger partial charge is 0.253 e. The minimum atomic E-state index is -0.498. The largest absolute Gasteiger partial charge is 0.339 e. The zero-order chi connectivity index (χ0) is 16.9. The van der Waals surface area contributed by atoms with E-state index in [4.69, 9.17) is 5.73 Å². The SMILES string of the molecule is NCc1cccc(C2CCN(C(=O)c3ccc(CF)cc3)CC2)c1. The summed E-state index contributed by atoms with van der Waals surface area (Å²) in [6, 6.07) is 15.2. The van der Waals surface area contributed by atoms with E-state index in [0.29, 0.717) is 23.6 Å². The Morgan fingerprint density at radius 3 is 2.42 bits per heavy atom. The molecule has 2 aromatic carbocycles. The fourth-order valence-electron chi connectivity index (χ4n) is 3.31. The standard InChI is InChI=1S/C20H23FN2O/c21-13-15-4-6-18(7-5-15)20(24)23-10-8-17(9-11-23)19-3-1-2-16(12-19)14-22/h1-7,12,17H,8-11,13-14,22H2. The van der Waals surface area contributed by atoms with Gasteiger partial charge in [0.1, 0.15) is 6.67 Å². The van der Waals surface area contributed by atoms with E-state index in [1.165, 1.54) is 5.56 Å². The van der Waals surface area contributed by atoms with Crippen LogP contribution in [0.2, 0.25) is 0 Å². The monoisotopic (exact) mass is 326 g/mol. The molecule has 1 heterocycles. The average Bonchev–Trinajstić information content (AvgIpc) is 2.67. The Kier molecular flexibility index (Phi) is 5.26. The fourth-order valence-corrected chi connectivity index (χ4v) is 3.31. The Bertz CT molecular complexity index is 691. The number of benzene rings is 2. The van der Waals surface area contributed by atoms with Gasteiger partial charge in [-0.05, 0) is 47.6 Å². The Balaban J connectivity index is 1.62. The normalized spacial score (nSPS) is 15.5. The van der Waals surface area contributed by atoms with Crippen molar-refractivity contribution in [3.63, 3.8) is 0 Å². The van der Waals surface area contributed by atoms with Gasteiger partial charge in [0.15, 0.2) is 0 Å². The second-order valence-electron chi connectivity index (χ2n) is 6.35. The molecule has 1 fully saturated rings. The van der Waals surface area contributed by atoms with E-state index in [2.05, 4.69) is 18.2 Å². The molecule has 3 rings (SSSR count). The quantitative estimate of drug-likeness (QED) is 0.932. The molecule has 1 amide bonds. The van der Waals surface area contributed by atoms with E-state index >= 15 is 0 Å². The zero-order valence-electron chi connectivity index (χ0n) is 13.7. The molecule has 0 unspecified atom stereocenters. The summed E-state index contributed by atoms with van der Waals surface area (Å²) in [4.78, 5) is 14.5. The van der Waals surface area contributed by atoms with Crippen LogP contribution < -0.4 is 5.73 Å².